The third kappa shape index (κ3) is 4.07. The number of carbonyl (C=O) groups excluding carboxylic acids is 2. The quantitative estimate of drug-likeness (QED) is 0.837. The van der Waals surface area contributed by atoms with Crippen molar-refractivity contribution in [2.75, 3.05) is 13.2 Å². The van der Waals surface area contributed by atoms with Gasteiger partial charge in [0, 0.05) is 10.6 Å². The van der Waals surface area contributed by atoms with Crippen LogP contribution in [0, 0.1) is 6.92 Å². The Morgan fingerprint density at radius 1 is 1.41 bits per heavy atom. The maximum atomic E-state index is 11.7. The monoisotopic (exact) mass is 255 g/mol. The summed E-state index contributed by atoms with van der Waals surface area (Å²) in [4.78, 5) is 22.7. The van der Waals surface area contributed by atoms with Crippen LogP contribution < -0.4 is 5.32 Å². The first-order valence-electron chi connectivity index (χ1n) is 5.24. The van der Waals surface area contributed by atoms with E-state index in [2.05, 4.69) is 5.32 Å². The van der Waals surface area contributed by atoms with Crippen LogP contribution in [0.2, 0.25) is 5.02 Å². The highest BCUT2D eigenvalue weighted by Gasteiger charge is 2.09. The summed E-state index contributed by atoms with van der Waals surface area (Å²) in [5.41, 5.74) is 1.28. The van der Waals surface area contributed by atoms with E-state index in [1.54, 1.807) is 25.1 Å². The van der Waals surface area contributed by atoms with Gasteiger partial charge < -0.3 is 10.1 Å². The Kier molecular flexibility index (Phi) is 4.97. The summed E-state index contributed by atoms with van der Waals surface area (Å²) in [6.45, 7) is 3.69. The van der Waals surface area contributed by atoms with Crippen molar-refractivity contribution in [2.45, 2.75) is 13.8 Å². The van der Waals surface area contributed by atoms with E-state index in [4.69, 9.17) is 16.3 Å². The van der Waals surface area contributed by atoms with Crippen molar-refractivity contribution < 1.29 is 14.3 Å². The highest BCUT2D eigenvalue weighted by Crippen LogP contribution is 2.16. The summed E-state index contributed by atoms with van der Waals surface area (Å²) in [7, 11) is 0. The molecule has 0 saturated heterocycles. The summed E-state index contributed by atoms with van der Waals surface area (Å²) in [5, 5.41) is 3.08. The van der Waals surface area contributed by atoms with E-state index in [0.29, 0.717) is 17.2 Å². The summed E-state index contributed by atoms with van der Waals surface area (Å²) in [5.74, 6) is -0.774. The molecule has 0 aliphatic rings. The Bertz CT molecular complexity index is 432. The third-order valence-corrected chi connectivity index (χ3v) is 2.54. The molecule has 0 atom stereocenters. The second-order valence-electron chi connectivity index (χ2n) is 3.45. The predicted octanol–water partition coefficient (Wildman–Crippen LogP) is 1.94. The van der Waals surface area contributed by atoms with Gasteiger partial charge in [-0.3, -0.25) is 9.59 Å². The lowest BCUT2D eigenvalue weighted by molar-refractivity contribution is -0.141. The molecule has 1 aromatic carbocycles. The molecule has 0 fully saturated rings. The third-order valence-electron chi connectivity index (χ3n) is 2.12. The van der Waals surface area contributed by atoms with Gasteiger partial charge in [-0.05, 0) is 37.6 Å². The van der Waals surface area contributed by atoms with Gasteiger partial charge in [0.2, 0.25) is 0 Å². The van der Waals surface area contributed by atoms with E-state index in [1.165, 1.54) is 0 Å². The van der Waals surface area contributed by atoms with Crippen molar-refractivity contribution in [1.29, 1.82) is 0 Å². The molecule has 0 unspecified atom stereocenters. The van der Waals surface area contributed by atoms with Crippen LogP contribution in [0.4, 0.5) is 0 Å². The van der Waals surface area contributed by atoms with Crippen LogP contribution in [0.25, 0.3) is 0 Å². The molecule has 0 bridgehead atoms. The largest absolute Gasteiger partial charge is 0.465 e. The zero-order chi connectivity index (χ0) is 12.8. The van der Waals surface area contributed by atoms with Crippen LogP contribution in [-0.2, 0) is 9.53 Å². The highest BCUT2D eigenvalue weighted by molar-refractivity contribution is 6.31. The number of benzene rings is 1. The molecule has 17 heavy (non-hydrogen) atoms. The normalized spacial score (nSPS) is 9.82. The van der Waals surface area contributed by atoms with Gasteiger partial charge in [0.1, 0.15) is 6.54 Å². The number of hydrogen-bond acceptors (Lipinski definition) is 3. The topological polar surface area (TPSA) is 55.4 Å². The highest BCUT2D eigenvalue weighted by atomic mass is 35.5. The fourth-order valence-corrected chi connectivity index (χ4v) is 1.37. The van der Waals surface area contributed by atoms with Gasteiger partial charge in [-0.2, -0.15) is 0 Å². The van der Waals surface area contributed by atoms with Crippen LogP contribution in [0.3, 0.4) is 0 Å². The molecular formula is C12H14ClNO3. The van der Waals surface area contributed by atoms with Crippen molar-refractivity contribution in [3.8, 4) is 0 Å². The zero-order valence-electron chi connectivity index (χ0n) is 9.75. The van der Waals surface area contributed by atoms with Gasteiger partial charge in [-0.15, -0.1) is 0 Å². The van der Waals surface area contributed by atoms with Gasteiger partial charge in [-0.1, -0.05) is 11.6 Å². The van der Waals surface area contributed by atoms with Gasteiger partial charge in [0.15, 0.2) is 0 Å². The molecule has 1 aromatic rings. The summed E-state index contributed by atoms with van der Waals surface area (Å²) in [6.07, 6.45) is 0. The van der Waals surface area contributed by atoms with Crippen LogP contribution in [0.5, 0.6) is 0 Å². The van der Waals surface area contributed by atoms with Crippen molar-refractivity contribution in [2.24, 2.45) is 0 Å². The average molecular weight is 256 g/mol. The molecule has 5 heteroatoms. The minimum atomic E-state index is -0.452. The smallest absolute Gasteiger partial charge is 0.325 e. The molecule has 1 amide bonds. The number of aryl methyl sites for hydroxylation is 1. The van der Waals surface area contributed by atoms with Crippen LogP contribution in [0.15, 0.2) is 18.2 Å². The van der Waals surface area contributed by atoms with Crippen molar-refractivity contribution in [3.05, 3.63) is 34.3 Å². The van der Waals surface area contributed by atoms with E-state index in [0.717, 1.165) is 5.56 Å². The molecule has 4 nitrogen and oxygen atoms in total. The first-order valence-corrected chi connectivity index (χ1v) is 5.62. The Labute approximate surface area is 105 Å². The number of nitrogens with one attached hydrogen (secondary N) is 1. The van der Waals surface area contributed by atoms with E-state index in [-0.39, 0.29) is 12.5 Å². The average Bonchev–Trinajstić information content (AvgIpc) is 2.30. The molecule has 0 aliphatic heterocycles. The standard InChI is InChI=1S/C12H14ClNO3/c1-3-17-11(15)7-14-12(16)9-4-5-10(13)8(2)6-9/h4-6H,3,7H2,1-2H3,(H,14,16). The van der Waals surface area contributed by atoms with Crippen molar-refractivity contribution in [1.82, 2.24) is 5.32 Å². The van der Waals surface area contributed by atoms with Crippen LogP contribution >= 0.6 is 11.6 Å². The SMILES string of the molecule is CCOC(=O)CNC(=O)c1ccc(Cl)c(C)c1. The molecule has 92 valence electrons. The number of hydrogen-bond donors (Lipinski definition) is 1. The molecule has 1 N–H and O–H groups in total. The number of rotatable bonds is 4. The first-order chi connectivity index (χ1) is 8.04. The summed E-state index contributed by atoms with van der Waals surface area (Å²) >= 11 is 5.85. The number of esters is 1. The lowest BCUT2D eigenvalue weighted by Gasteiger charge is -2.06. The Hall–Kier alpha value is -1.55. The minimum Gasteiger partial charge on any atom is -0.465 e. The van der Waals surface area contributed by atoms with Crippen LogP contribution in [-0.4, -0.2) is 25.0 Å². The Balaban J connectivity index is 2.58. The molecule has 0 saturated carbocycles. The predicted molar refractivity (Wildman–Crippen MR) is 65.2 cm³/mol. The number of amides is 1. The first kappa shape index (κ1) is 13.5. The van der Waals surface area contributed by atoms with E-state index < -0.39 is 5.97 Å². The number of ether oxygens (including phenoxy) is 1. The molecular weight excluding hydrogens is 242 g/mol. The van der Waals surface area contributed by atoms with Gasteiger partial charge >= 0.3 is 5.97 Å². The van der Waals surface area contributed by atoms with Gasteiger partial charge in [-0.25, -0.2) is 0 Å². The van der Waals surface area contributed by atoms with Crippen LogP contribution in [0.1, 0.15) is 22.8 Å². The summed E-state index contributed by atoms with van der Waals surface area (Å²) in [6, 6.07) is 4.93. The maximum absolute atomic E-state index is 11.7. The second-order valence-corrected chi connectivity index (χ2v) is 3.86. The fraction of sp³-hybridized carbons (Fsp3) is 0.333. The zero-order valence-corrected chi connectivity index (χ0v) is 10.5. The molecule has 1 rings (SSSR count). The summed E-state index contributed by atoms with van der Waals surface area (Å²) < 4.78 is 4.70. The van der Waals surface area contributed by atoms with E-state index in [9.17, 15) is 9.59 Å². The van der Waals surface area contributed by atoms with Crippen molar-refractivity contribution >= 4 is 23.5 Å². The molecule has 0 radical (unpaired) electrons. The number of halogens is 1. The minimum absolute atomic E-state index is 0.131. The maximum Gasteiger partial charge on any atom is 0.325 e. The Morgan fingerprint density at radius 2 is 2.12 bits per heavy atom. The Morgan fingerprint density at radius 3 is 2.71 bits per heavy atom. The molecule has 0 spiro atoms. The second kappa shape index (κ2) is 6.25. The van der Waals surface area contributed by atoms with E-state index >= 15 is 0 Å². The molecule has 0 aliphatic carbocycles. The number of carbonyl (C=O) groups is 2. The van der Waals surface area contributed by atoms with Gasteiger partial charge in [0.25, 0.3) is 5.91 Å². The molecule has 0 heterocycles. The fourth-order valence-electron chi connectivity index (χ4n) is 1.25. The lowest BCUT2D eigenvalue weighted by atomic mass is 10.1. The lowest BCUT2D eigenvalue weighted by Crippen LogP contribution is -2.30. The molecule has 0 aromatic heterocycles. The van der Waals surface area contributed by atoms with Gasteiger partial charge in [0.05, 0.1) is 6.61 Å². The van der Waals surface area contributed by atoms with E-state index in [1.807, 2.05) is 6.92 Å². The van der Waals surface area contributed by atoms with Crippen molar-refractivity contribution in [3.63, 3.8) is 0 Å².